The number of aliphatic hydroxyl groups excluding tert-OH is 2. The first-order valence-electron chi connectivity index (χ1n) is 6.18. The quantitative estimate of drug-likeness (QED) is 0.601. The molecule has 0 atom stereocenters. The van der Waals surface area contributed by atoms with Crippen molar-refractivity contribution in [3.63, 3.8) is 0 Å². The minimum atomic E-state index is -0.907. The highest BCUT2D eigenvalue weighted by Gasteiger charge is 2.28. The Balaban J connectivity index is 0.00000191. The number of hydrogen-bond acceptors (Lipinski definition) is 7. The zero-order valence-corrected chi connectivity index (χ0v) is 12.0. The van der Waals surface area contributed by atoms with Gasteiger partial charge in [-0.15, -0.1) is 0 Å². The molecule has 1 aromatic rings. The Morgan fingerprint density at radius 2 is 1.57 bits per heavy atom. The van der Waals surface area contributed by atoms with Crippen molar-refractivity contribution < 1.29 is 24.8 Å². The second-order valence-electron chi connectivity index (χ2n) is 3.66. The van der Waals surface area contributed by atoms with Gasteiger partial charge in [-0.25, -0.2) is 0 Å². The van der Waals surface area contributed by atoms with Crippen LogP contribution in [0, 0.1) is 20.2 Å². The number of aliphatic hydroxyl groups is 2. The normalized spacial score (nSPS) is 9.81. The van der Waals surface area contributed by atoms with Gasteiger partial charge in [0.05, 0.1) is 36.2 Å². The fourth-order valence-electron chi connectivity index (χ4n) is 1.62. The third-order valence-electron chi connectivity index (χ3n) is 2.60. The second-order valence-corrected chi connectivity index (χ2v) is 3.66. The van der Waals surface area contributed by atoms with Crippen molar-refractivity contribution >= 4 is 11.4 Å². The molecule has 0 amide bonds. The lowest BCUT2D eigenvalue weighted by Gasteiger charge is -2.13. The van der Waals surface area contributed by atoms with E-state index in [1.54, 1.807) is 0 Å². The number of methoxy groups -OCH3 is 1. The molecule has 0 bridgehead atoms. The van der Waals surface area contributed by atoms with Gasteiger partial charge in [0.15, 0.2) is 5.75 Å². The Bertz CT molecular complexity index is 501. The van der Waals surface area contributed by atoms with Crippen LogP contribution < -0.4 is 4.74 Å². The van der Waals surface area contributed by atoms with Gasteiger partial charge in [-0.1, -0.05) is 13.8 Å². The summed E-state index contributed by atoms with van der Waals surface area (Å²) >= 11 is 0. The summed E-state index contributed by atoms with van der Waals surface area (Å²) in [6.45, 7) is 2.94. The van der Waals surface area contributed by atoms with Crippen molar-refractivity contribution in [3.8, 4) is 5.75 Å². The fourth-order valence-corrected chi connectivity index (χ4v) is 1.62. The minimum Gasteiger partial charge on any atom is -0.490 e. The predicted molar refractivity (Wildman–Crippen MR) is 74.6 cm³/mol. The largest absolute Gasteiger partial charge is 0.490 e. The summed E-state index contributed by atoms with van der Waals surface area (Å²) < 4.78 is 4.79. The van der Waals surface area contributed by atoms with Crippen molar-refractivity contribution in [2.24, 2.45) is 0 Å². The van der Waals surface area contributed by atoms with Crippen LogP contribution in [0.1, 0.15) is 25.3 Å². The highest BCUT2D eigenvalue weighted by molar-refractivity contribution is 5.59. The number of nitro benzene ring substituents is 2. The van der Waals surface area contributed by atoms with E-state index in [9.17, 15) is 20.2 Å². The molecule has 0 saturated carbocycles. The van der Waals surface area contributed by atoms with Crippen molar-refractivity contribution in [3.05, 3.63) is 37.9 Å². The molecule has 2 N–H and O–H groups in total. The van der Waals surface area contributed by atoms with Crippen LogP contribution in [0.2, 0.25) is 0 Å². The lowest BCUT2D eigenvalue weighted by atomic mass is 9.98. The van der Waals surface area contributed by atoms with Crippen molar-refractivity contribution in [2.75, 3.05) is 20.3 Å². The molecule has 0 spiro atoms. The van der Waals surface area contributed by atoms with E-state index in [0.29, 0.717) is 0 Å². The zero-order valence-electron chi connectivity index (χ0n) is 12.0. The minimum absolute atomic E-state index is 0.0162. The smallest absolute Gasteiger partial charge is 0.317 e. The van der Waals surface area contributed by atoms with Crippen molar-refractivity contribution in [1.82, 2.24) is 0 Å². The number of benzene rings is 1. The van der Waals surface area contributed by atoms with E-state index < -0.39 is 40.4 Å². The Morgan fingerprint density at radius 3 is 1.90 bits per heavy atom. The Kier molecular flexibility index (Phi) is 7.87. The Morgan fingerprint density at radius 1 is 1.10 bits per heavy atom. The molecule has 0 aliphatic rings. The van der Waals surface area contributed by atoms with E-state index in [4.69, 9.17) is 14.9 Å². The second kappa shape index (κ2) is 8.82. The molecule has 0 unspecified atom stereocenters. The summed E-state index contributed by atoms with van der Waals surface area (Å²) in [6.07, 6.45) is 0. The fraction of sp³-hybridized carbons (Fsp3) is 0.500. The molecule has 1 rings (SSSR count). The van der Waals surface area contributed by atoms with E-state index in [1.807, 2.05) is 13.8 Å². The van der Waals surface area contributed by atoms with Gasteiger partial charge in [0.1, 0.15) is 0 Å². The maximum Gasteiger partial charge on any atom is 0.317 e. The Hall–Kier alpha value is -2.26. The molecule has 1 aromatic carbocycles. The molecule has 118 valence electrons. The molecule has 0 heterocycles. The van der Waals surface area contributed by atoms with Gasteiger partial charge in [0.2, 0.25) is 0 Å². The first kappa shape index (κ1) is 18.7. The molecule has 21 heavy (non-hydrogen) atoms. The summed E-state index contributed by atoms with van der Waals surface area (Å²) in [5, 5.41) is 39.8. The highest BCUT2D eigenvalue weighted by Crippen LogP contribution is 2.37. The summed E-state index contributed by atoms with van der Waals surface area (Å²) in [5.41, 5.74) is -1.11. The van der Waals surface area contributed by atoms with Crippen LogP contribution in [-0.2, 0) is 0 Å². The molecule has 9 heteroatoms. The van der Waals surface area contributed by atoms with Gasteiger partial charge in [-0.2, -0.15) is 0 Å². The number of nitrogens with zero attached hydrogens (tertiary/aromatic N) is 2. The van der Waals surface area contributed by atoms with E-state index in [2.05, 4.69) is 0 Å². The van der Waals surface area contributed by atoms with Crippen molar-refractivity contribution in [2.45, 2.75) is 19.8 Å². The van der Waals surface area contributed by atoms with Crippen LogP contribution >= 0.6 is 0 Å². The summed E-state index contributed by atoms with van der Waals surface area (Å²) in [7, 11) is 1.19. The van der Waals surface area contributed by atoms with E-state index in [1.165, 1.54) is 7.11 Å². The molecule has 0 aliphatic heterocycles. The van der Waals surface area contributed by atoms with Crippen LogP contribution in [0.4, 0.5) is 11.4 Å². The molecule has 0 aromatic heterocycles. The van der Waals surface area contributed by atoms with Gasteiger partial charge in [0.25, 0.3) is 5.69 Å². The van der Waals surface area contributed by atoms with Crippen LogP contribution in [0.5, 0.6) is 5.75 Å². The van der Waals surface area contributed by atoms with Gasteiger partial charge >= 0.3 is 5.69 Å². The van der Waals surface area contributed by atoms with Crippen LogP contribution in [0.15, 0.2) is 12.1 Å². The van der Waals surface area contributed by atoms with Crippen LogP contribution in [-0.4, -0.2) is 40.4 Å². The monoisotopic (exact) mass is 302 g/mol. The average molecular weight is 302 g/mol. The van der Waals surface area contributed by atoms with Gasteiger partial charge in [-0.3, -0.25) is 20.2 Å². The van der Waals surface area contributed by atoms with E-state index in [0.717, 1.165) is 12.1 Å². The standard InChI is InChI=1S/C10H12N2O7.C2H6/c1-19-10-2-7(6(4-13)5-14)8(11(15)16)3-9(10)12(17)18;1-2/h2-3,6,13-14H,4-5H2,1H3;1-2H3. The van der Waals surface area contributed by atoms with Gasteiger partial charge in [0, 0.05) is 11.5 Å². The molecule has 0 fully saturated rings. The SMILES string of the molecule is CC.COc1cc(C(CO)CO)c([N+](=O)[O-])cc1[N+](=O)[O-]. The summed E-state index contributed by atoms with van der Waals surface area (Å²) in [6, 6.07) is 1.85. The number of hydrogen-bond donors (Lipinski definition) is 2. The van der Waals surface area contributed by atoms with Gasteiger partial charge in [-0.05, 0) is 6.07 Å². The summed E-state index contributed by atoms with van der Waals surface area (Å²) in [4.78, 5) is 20.1. The third kappa shape index (κ3) is 4.36. The predicted octanol–water partition coefficient (Wildman–Crippen LogP) is 1.61. The van der Waals surface area contributed by atoms with Gasteiger partial charge < -0.3 is 14.9 Å². The molecule has 9 nitrogen and oxygen atoms in total. The maximum absolute atomic E-state index is 10.9. The average Bonchev–Trinajstić information content (AvgIpc) is 2.49. The molecule has 0 saturated heterocycles. The zero-order chi connectivity index (χ0) is 16.6. The van der Waals surface area contributed by atoms with Crippen LogP contribution in [0.25, 0.3) is 0 Å². The molecular weight excluding hydrogens is 284 g/mol. The van der Waals surface area contributed by atoms with E-state index in [-0.39, 0.29) is 11.3 Å². The first-order chi connectivity index (χ1) is 9.96. The van der Waals surface area contributed by atoms with Crippen molar-refractivity contribution in [1.29, 1.82) is 0 Å². The Labute approximate surface area is 121 Å². The van der Waals surface area contributed by atoms with Crippen LogP contribution in [0.3, 0.4) is 0 Å². The highest BCUT2D eigenvalue weighted by atomic mass is 16.6. The lowest BCUT2D eigenvalue weighted by molar-refractivity contribution is -0.395. The number of rotatable bonds is 6. The molecule has 0 aliphatic carbocycles. The number of nitro groups is 2. The first-order valence-corrected chi connectivity index (χ1v) is 6.18. The topological polar surface area (TPSA) is 136 Å². The molecular formula is C12H18N2O7. The lowest BCUT2D eigenvalue weighted by Crippen LogP contribution is -2.12. The van der Waals surface area contributed by atoms with E-state index >= 15 is 0 Å². The third-order valence-corrected chi connectivity index (χ3v) is 2.60. The number of ether oxygens (including phenoxy) is 1. The molecule has 0 radical (unpaired) electrons. The maximum atomic E-state index is 10.9. The summed E-state index contributed by atoms with van der Waals surface area (Å²) in [5.74, 6) is -1.08.